The van der Waals surface area contributed by atoms with E-state index in [0.29, 0.717) is 63.9 Å². The number of benzene rings is 2. The highest BCUT2D eigenvalue weighted by atomic mass is 35.5. The molecule has 2 atom stereocenters. The molecule has 3 heterocycles. The highest BCUT2D eigenvalue weighted by Crippen LogP contribution is 2.40. The van der Waals surface area contributed by atoms with Gasteiger partial charge in [-0.15, -0.1) is 0 Å². The molecule has 2 aromatic carbocycles. The summed E-state index contributed by atoms with van der Waals surface area (Å²) in [6, 6.07) is 12.0. The standard InChI is InChI=1S/C34H37ClF2N6O3/c1-19(44)15-38-16-21-9-11-41-34(32(21)37)43-28-6-4-5-24(20(28)2)25-10-12-40-33(31(25)35)22-13-27(36)26(29(14-22)46-3)18-39-17-23-7-8-30(45)42-23/h4-6,9-14,19,23,38-39,44H,7-8,15-18H2,1-3H3,(H,41,43)(H,42,45)/t19-,23-/m1/s1. The summed E-state index contributed by atoms with van der Waals surface area (Å²) in [4.78, 5) is 20.1. The first-order chi connectivity index (χ1) is 22.2. The fourth-order valence-electron chi connectivity index (χ4n) is 5.47. The first kappa shape index (κ1) is 33.2. The number of halogens is 3. The second kappa shape index (κ2) is 15.0. The van der Waals surface area contributed by atoms with Crippen molar-refractivity contribution >= 4 is 29.0 Å². The normalized spacial score (nSPS) is 15.1. The minimum absolute atomic E-state index is 0.0212. The van der Waals surface area contributed by atoms with Crippen molar-refractivity contribution in [3.8, 4) is 28.1 Å². The van der Waals surface area contributed by atoms with Crippen LogP contribution in [0.3, 0.4) is 0 Å². The second-order valence-corrected chi connectivity index (χ2v) is 11.7. The molecule has 0 bridgehead atoms. The Balaban J connectivity index is 1.38. The molecule has 0 radical (unpaired) electrons. The van der Waals surface area contributed by atoms with Crippen LogP contribution in [-0.2, 0) is 17.9 Å². The average molecular weight is 651 g/mol. The van der Waals surface area contributed by atoms with E-state index in [4.69, 9.17) is 16.3 Å². The van der Waals surface area contributed by atoms with Gasteiger partial charge in [0, 0.05) is 79.0 Å². The molecule has 1 aliphatic heterocycles. The number of aliphatic hydroxyl groups excluding tert-OH is 1. The predicted octanol–water partition coefficient (Wildman–Crippen LogP) is 5.64. The van der Waals surface area contributed by atoms with Gasteiger partial charge in [-0.1, -0.05) is 23.7 Å². The SMILES string of the molecule is COc1cc(-c2nccc(-c3cccc(Nc4nccc(CNC[C@@H](C)O)c4F)c3C)c2Cl)cc(F)c1CNC[C@H]1CCC(=O)N1. The van der Waals surface area contributed by atoms with Gasteiger partial charge in [0.25, 0.3) is 0 Å². The molecule has 1 aliphatic rings. The van der Waals surface area contributed by atoms with Gasteiger partial charge >= 0.3 is 0 Å². The summed E-state index contributed by atoms with van der Waals surface area (Å²) < 4.78 is 36.3. The fourth-order valence-corrected chi connectivity index (χ4v) is 5.79. The maximum atomic E-state index is 15.5. The smallest absolute Gasteiger partial charge is 0.220 e. The van der Waals surface area contributed by atoms with Crippen LogP contribution in [0, 0.1) is 18.6 Å². The minimum Gasteiger partial charge on any atom is -0.496 e. The molecule has 242 valence electrons. The van der Waals surface area contributed by atoms with Crippen molar-refractivity contribution < 1.29 is 23.4 Å². The van der Waals surface area contributed by atoms with Crippen molar-refractivity contribution in [3.05, 3.63) is 88.2 Å². The molecule has 5 N–H and O–H groups in total. The lowest BCUT2D eigenvalue weighted by atomic mass is 9.97. The summed E-state index contributed by atoms with van der Waals surface area (Å²) in [5, 5.41) is 22.0. The van der Waals surface area contributed by atoms with Gasteiger partial charge in [-0.3, -0.25) is 9.78 Å². The van der Waals surface area contributed by atoms with Crippen LogP contribution in [0.4, 0.5) is 20.3 Å². The van der Waals surface area contributed by atoms with E-state index in [-0.39, 0.29) is 30.9 Å². The van der Waals surface area contributed by atoms with E-state index in [2.05, 4.69) is 31.2 Å². The van der Waals surface area contributed by atoms with Gasteiger partial charge in [-0.05, 0) is 61.7 Å². The molecule has 0 aliphatic carbocycles. The van der Waals surface area contributed by atoms with Crippen molar-refractivity contribution in [2.75, 3.05) is 25.5 Å². The Morgan fingerprint density at radius 3 is 2.65 bits per heavy atom. The van der Waals surface area contributed by atoms with Crippen molar-refractivity contribution in [3.63, 3.8) is 0 Å². The summed E-state index contributed by atoms with van der Waals surface area (Å²) in [6.07, 6.45) is 3.83. The molecule has 5 rings (SSSR count). The number of carbonyl (C=O) groups excluding carboxylic acids is 1. The summed E-state index contributed by atoms with van der Waals surface area (Å²) in [6.45, 7) is 4.87. The summed E-state index contributed by atoms with van der Waals surface area (Å²) in [5.74, 6) is -0.515. The van der Waals surface area contributed by atoms with Gasteiger partial charge in [0.2, 0.25) is 5.91 Å². The average Bonchev–Trinajstić information content (AvgIpc) is 3.45. The van der Waals surface area contributed by atoms with Crippen LogP contribution in [0.5, 0.6) is 5.75 Å². The maximum absolute atomic E-state index is 15.5. The number of anilines is 2. The molecule has 1 fully saturated rings. The van der Waals surface area contributed by atoms with Crippen molar-refractivity contribution in [2.24, 2.45) is 0 Å². The molecule has 12 heteroatoms. The number of hydrogen-bond acceptors (Lipinski definition) is 8. The Kier molecular flexibility index (Phi) is 10.8. The summed E-state index contributed by atoms with van der Waals surface area (Å²) in [5.41, 5.74) is 4.49. The minimum atomic E-state index is -0.546. The summed E-state index contributed by atoms with van der Waals surface area (Å²) in [7, 11) is 1.48. The lowest BCUT2D eigenvalue weighted by molar-refractivity contribution is -0.119. The topological polar surface area (TPSA) is 120 Å². The Hall–Kier alpha value is -4.16. The van der Waals surface area contributed by atoms with Crippen LogP contribution < -0.4 is 26.0 Å². The van der Waals surface area contributed by atoms with Crippen LogP contribution in [-0.4, -0.2) is 53.3 Å². The molecule has 4 aromatic rings. The van der Waals surface area contributed by atoms with E-state index < -0.39 is 17.7 Å². The van der Waals surface area contributed by atoms with Gasteiger partial charge in [0.15, 0.2) is 11.6 Å². The second-order valence-electron chi connectivity index (χ2n) is 11.3. The highest BCUT2D eigenvalue weighted by molar-refractivity contribution is 6.35. The number of pyridine rings is 2. The van der Waals surface area contributed by atoms with Crippen molar-refractivity contribution in [1.29, 1.82) is 0 Å². The number of aromatic nitrogens is 2. The highest BCUT2D eigenvalue weighted by Gasteiger charge is 2.22. The van der Waals surface area contributed by atoms with Gasteiger partial charge < -0.3 is 31.1 Å². The number of aliphatic hydroxyl groups is 1. The zero-order chi connectivity index (χ0) is 32.8. The number of carbonyl (C=O) groups is 1. The van der Waals surface area contributed by atoms with Gasteiger partial charge in [-0.2, -0.15) is 0 Å². The van der Waals surface area contributed by atoms with Crippen LogP contribution in [0.2, 0.25) is 5.02 Å². The zero-order valence-corrected chi connectivity index (χ0v) is 26.6. The predicted molar refractivity (Wildman–Crippen MR) is 175 cm³/mol. The third-order valence-corrected chi connectivity index (χ3v) is 8.30. The lowest BCUT2D eigenvalue weighted by Crippen LogP contribution is -2.35. The number of hydrogen-bond donors (Lipinski definition) is 5. The molecular weight excluding hydrogens is 614 g/mol. The lowest BCUT2D eigenvalue weighted by Gasteiger charge is -2.17. The molecule has 1 saturated heterocycles. The van der Waals surface area contributed by atoms with Gasteiger partial charge in [0.05, 0.1) is 23.9 Å². The molecule has 0 unspecified atom stereocenters. The van der Waals surface area contributed by atoms with Crippen LogP contribution in [0.25, 0.3) is 22.4 Å². The summed E-state index contributed by atoms with van der Waals surface area (Å²) >= 11 is 6.94. The van der Waals surface area contributed by atoms with Gasteiger partial charge in [0.1, 0.15) is 11.6 Å². The van der Waals surface area contributed by atoms with E-state index in [0.717, 1.165) is 17.5 Å². The Morgan fingerprint density at radius 2 is 1.91 bits per heavy atom. The third-order valence-electron chi connectivity index (χ3n) is 7.92. The first-order valence-electron chi connectivity index (χ1n) is 15.1. The molecule has 2 aromatic heterocycles. The fraction of sp³-hybridized carbons (Fsp3) is 0.324. The molecule has 0 spiro atoms. The van der Waals surface area contributed by atoms with E-state index in [1.54, 1.807) is 31.3 Å². The quantitative estimate of drug-likeness (QED) is 0.126. The van der Waals surface area contributed by atoms with E-state index in [1.807, 2.05) is 25.1 Å². The Morgan fingerprint density at radius 1 is 1.11 bits per heavy atom. The largest absolute Gasteiger partial charge is 0.496 e. The van der Waals surface area contributed by atoms with E-state index in [1.165, 1.54) is 19.4 Å². The number of methoxy groups -OCH3 is 1. The van der Waals surface area contributed by atoms with Gasteiger partial charge in [-0.25, -0.2) is 13.8 Å². The van der Waals surface area contributed by atoms with Crippen molar-refractivity contribution in [2.45, 2.75) is 51.9 Å². The first-order valence-corrected chi connectivity index (χ1v) is 15.4. The molecule has 9 nitrogen and oxygen atoms in total. The van der Waals surface area contributed by atoms with Crippen LogP contribution in [0.15, 0.2) is 54.9 Å². The Labute approximate surface area is 271 Å². The number of nitrogens with zero attached hydrogens (tertiary/aromatic N) is 2. The molecule has 1 amide bonds. The molecule has 0 saturated carbocycles. The maximum Gasteiger partial charge on any atom is 0.220 e. The number of nitrogens with one attached hydrogen (secondary N) is 4. The van der Waals surface area contributed by atoms with E-state index in [9.17, 15) is 9.90 Å². The zero-order valence-electron chi connectivity index (χ0n) is 25.9. The molecular formula is C34H37ClF2N6O3. The van der Waals surface area contributed by atoms with Crippen molar-refractivity contribution in [1.82, 2.24) is 25.9 Å². The number of amides is 1. The molecule has 46 heavy (non-hydrogen) atoms. The number of rotatable bonds is 13. The van der Waals surface area contributed by atoms with Crippen LogP contribution in [0.1, 0.15) is 36.5 Å². The Bertz CT molecular complexity index is 1720. The third kappa shape index (κ3) is 7.61. The number of ether oxygens (including phenoxy) is 1. The monoisotopic (exact) mass is 650 g/mol. The van der Waals surface area contributed by atoms with Crippen LogP contribution >= 0.6 is 11.6 Å². The van der Waals surface area contributed by atoms with E-state index >= 15 is 8.78 Å².